The first-order chi connectivity index (χ1) is 13.7. The van der Waals surface area contributed by atoms with Gasteiger partial charge in [-0.2, -0.15) is 10.2 Å². The van der Waals surface area contributed by atoms with Crippen molar-refractivity contribution < 1.29 is 4.74 Å². The minimum absolute atomic E-state index is 0.136. The largest absolute Gasteiger partial charge is 0.377 e. The summed E-state index contributed by atoms with van der Waals surface area (Å²) in [5.41, 5.74) is 6.67. The molecule has 0 aromatic heterocycles. The molecule has 3 atom stereocenters. The molecule has 4 rings (SSSR count). The Morgan fingerprint density at radius 3 is 3.00 bits per heavy atom. The molecule has 8 heteroatoms. The summed E-state index contributed by atoms with van der Waals surface area (Å²) in [5.74, 6) is 7.08. The Labute approximate surface area is 168 Å². The van der Waals surface area contributed by atoms with Crippen molar-refractivity contribution in [2.75, 3.05) is 7.11 Å². The molecule has 0 amide bonds. The van der Waals surface area contributed by atoms with E-state index in [-0.39, 0.29) is 12.0 Å². The molecule has 0 saturated heterocycles. The molecule has 7 nitrogen and oxygen atoms in total. The first kappa shape index (κ1) is 18.5. The number of nitrogens with one attached hydrogen (secondary N) is 2. The van der Waals surface area contributed by atoms with Crippen LogP contribution < -0.4 is 16.6 Å². The van der Waals surface area contributed by atoms with E-state index in [1.807, 2.05) is 30.0 Å². The van der Waals surface area contributed by atoms with Crippen LogP contribution in [-0.2, 0) is 4.74 Å². The minimum Gasteiger partial charge on any atom is -0.377 e. The number of hydrogen-bond donors (Lipinski definition) is 3. The van der Waals surface area contributed by atoms with Gasteiger partial charge in [-0.05, 0) is 29.5 Å². The number of benzene rings is 1. The van der Waals surface area contributed by atoms with Crippen LogP contribution in [0.5, 0.6) is 0 Å². The highest BCUT2D eigenvalue weighted by molar-refractivity contribution is 8.02. The average Bonchev–Trinajstić information content (AvgIpc) is 3.23. The maximum Gasteiger partial charge on any atom is 0.173 e. The molecule has 3 aliphatic rings. The summed E-state index contributed by atoms with van der Waals surface area (Å²) in [4.78, 5) is 4.92. The van der Waals surface area contributed by atoms with E-state index >= 15 is 0 Å². The van der Waals surface area contributed by atoms with E-state index in [1.165, 1.54) is 5.56 Å². The number of aliphatic imine (C=N–C) groups is 1. The van der Waals surface area contributed by atoms with Crippen molar-refractivity contribution in [2.45, 2.75) is 17.8 Å². The van der Waals surface area contributed by atoms with E-state index in [4.69, 9.17) is 15.6 Å². The Morgan fingerprint density at radius 2 is 2.29 bits per heavy atom. The summed E-state index contributed by atoms with van der Waals surface area (Å²) in [6.45, 7) is 3.43. The lowest BCUT2D eigenvalue weighted by atomic mass is 9.92. The number of nitrogens with zero attached hydrogens (tertiary/aromatic N) is 3. The number of hydrazone groups is 2. The van der Waals surface area contributed by atoms with E-state index in [1.54, 1.807) is 7.11 Å². The van der Waals surface area contributed by atoms with Gasteiger partial charge in [-0.25, -0.2) is 4.99 Å². The van der Waals surface area contributed by atoms with Crippen molar-refractivity contribution >= 4 is 35.8 Å². The highest BCUT2D eigenvalue weighted by Gasteiger charge is 2.35. The molecule has 1 aromatic rings. The normalized spacial score (nSPS) is 25.5. The van der Waals surface area contributed by atoms with Gasteiger partial charge in [-0.3, -0.25) is 5.43 Å². The summed E-state index contributed by atoms with van der Waals surface area (Å²) in [6, 6.07) is 6.04. The number of rotatable bonds is 4. The van der Waals surface area contributed by atoms with Crippen LogP contribution in [0.1, 0.15) is 22.8 Å². The quantitative estimate of drug-likeness (QED) is 0.316. The summed E-state index contributed by atoms with van der Waals surface area (Å²) in [6.07, 6.45) is 9.44. The van der Waals surface area contributed by atoms with Gasteiger partial charge in [0.1, 0.15) is 5.84 Å². The monoisotopic (exact) mass is 394 g/mol. The van der Waals surface area contributed by atoms with Crippen LogP contribution in [0.3, 0.4) is 0 Å². The molecule has 144 valence electrons. The highest BCUT2D eigenvalue weighted by Crippen LogP contribution is 2.49. The molecule has 0 saturated carbocycles. The predicted octanol–water partition coefficient (Wildman–Crippen LogP) is 2.92. The Balaban J connectivity index is 1.66. The highest BCUT2D eigenvalue weighted by atomic mass is 32.2. The first-order valence-electron chi connectivity index (χ1n) is 8.96. The Morgan fingerprint density at radius 1 is 1.39 bits per heavy atom. The fraction of sp³-hybridized carbons (Fsp3) is 0.250. The van der Waals surface area contributed by atoms with Crippen molar-refractivity contribution in [3.8, 4) is 0 Å². The van der Waals surface area contributed by atoms with E-state index in [0.29, 0.717) is 11.1 Å². The van der Waals surface area contributed by atoms with Crippen molar-refractivity contribution in [1.82, 2.24) is 10.7 Å². The zero-order chi connectivity index (χ0) is 19.5. The lowest BCUT2D eigenvalue weighted by Gasteiger charge is -2.29. The lowest BCUT2D eigenvalue weighted by molar-refractivity contribution is 0.142. The number of methoxy groups -OCH3 is 1. The molecule has 28 heavy (non-hydrogen) atoms. The van der Waals surface area contributed by atoms with Gasteiger partial charge in [0.15, 0.2) is 5.84 Å². The van der Waals surface area contributed by atoms with Gasteiger partial charge in [0.25, 0.3) is 0 Å². The zero-order valence-electron chi connectivity index (χ0n) is 15.5. The number of thioether (sulfide) groups is 1. The molecular formula is C20H22N6OS. The number of fused-ring (bicyclic) bond motifs is 3. The SMILES string of the molecule is C=NN/C(=N\N)c1ccc2c(c1)N=C(NC1=CCC(OC)C=C1)C1C=CSC21. The van der Waals surface area contributed by atoms with Crippen molar-refractivity contribution in [1.29, 1.82) is 0 Å². The van der Waals surface area contributed by atoms with Crippen LogP contribution in [0.4, 0.5) is 5.69 Å². The molecule has 2 heterocycles. The van der Waals surface area contributed by atoms with Crippen LogP contribution in [0.2, 0.25) is 0 Å². The molecule has 3 unspecified atom stereocenters. The van der Waals surface area contributed by atoms with E-state index in [2.05, 4.69) is 57.4 Å². The van der Waals surface area contributed by atoms with Crippen LogP contribution in [0.25, 0.3) is 0 Å². The molecule has 1 aliphatic carbocycles. The molecule has 2 aliphatic heterocycles. The van der Waals surface area contributed by atoms with E-state index < -0.39 is 0 Å². The van der Waals surface area contributed by atoms with Crippen LogP contribution in [0, 0.1) is 5.92 Å². The van der Waals surface area contributed by atoms with Gasteiger partial charge in [0.05, 0.1) is 17.7 Å². The third-order valence-corrected chi connectivity index (χ3v) is 6.11. The minimum atomic E-state index is 0.136. The van der Waals surface area contributed by atoms with E-state index in [0.717, 1.165) is 29.2 Å². The molecular weight excluding hydrogens is 372 g/mol. The molecule has 0 bridgehead atoms. The topological polar surface area (TPSA) is 96.4 Å². The molecule has 4 N–H and O–H groups in total. The standard InChI is InChI=1S/C20H22N6OS/c1-22-26-19(25-21)12-3-8-15-17(11-12)24-20(16-9-10-28-18(15)16)23-13-4-6-14(27-2)7-5-13/h3-6,8-11,14,16,18H,1,7,21H2,2H3,(H,23,24)(H,25,26). The van der Waals surface area contributed by atoms with Crippen molar-refractivity contribution in [3.05, 3.63) is 64.7 Å². The van der Waals surface area contributed by atoms with Gasteiger partial charge >= 0.3 is 0 Å². The van der Waals surface area contributed by atoms with E-state index in [9.17, 15) is 0 Å². The Bertz CT molecular complexity index is 933. The zero-order valence-corrected chi connectivity index (χ0v) is 16.3. The number of allylic oxidation sites excluding steroid dienone is 1. The summed E-state index contributed by atoms with van der Waals surface area (Å²) < 4.78 is 5.37. The summed E-state index contributed by atoms with van der Waals surface area (Å²) in [5, 5.41) is 13.4. The second-order valence-corrected chi connectivity index (χ2v) is 7.63. The van der Waals surface area contributed by atoms with Gasteiger partial charge in [-0.15, -0.1) is 11.8 Å². The fourth-order valence-electron chi connectivity index (χ4n) is 3.50. The molecule has 0 radical (unpaired) electrons. The molecule has 0 fully saturated rings. The number of nitrogens with two attached hydrogens (primary N) is 1. The molecule has 0 spiro atoms. The van der Waals surface area contributed by atoms with Gasteiger partial charge < -0.3 is 15.9 Å². The smallest absolute Gasteiger partial charge is 0.173 e. The first-order valence-corrected chi connectivity index (χ1v) is 9.90. The van der Waals surface area contributed by atoms with Crippen LogP contribution in [-0.4, -0.2) is 31.6 Å². The molecule has 1 aromatic carbocycles. The van der Waals surface area contributed by atoms with Crippen molar-refractivity contribution in [3.63, 3.8) is 0 Å². The second-order valence-electron chi connectivity index (χ2n) is 6.58. The lowest BCUT2D eigenvalue weighted by Crippen LogP contribution is -2.33. The van der Waals surface area contributed by atoms with Crippen LogP contribution in [0.15, 0.2) is 68.8 Å². The second kappa shape index (κ2) is 8.04. The maximum atomic E-state index is 5.48. The van der Waals surface area contributed by atoms with Gasteiger partial charge in [0.2, 0.25) is 0 Å². The Kier molecular flexibility index (Phi) is 5.31. The Hall–Kier alpha value is -2.84. The van der Waals surface area contributed by atoms with Crippen LogP contribution >= 0.6 is 11.8 Å². The summed E-state index contributed by atoms with van der Waals surface area (Å²) >= 11 is 1.81. The number of amidine groups is 2. The summed E-state index contributed by atoms with van der Waals surface area (Å²) in [7, 11) is 1.72. The maximum absolute atomic E-state index is 5.48. The van der Waals surface area contributed by atoms with Gasteiger partial charge in [-0.1, -0.05) is 30.4 Å². The number of ether oxygens (including phenoxy) is 1. The van der Waals surface area contributed by atoms with Crippen molar-refractivity contribution in [2.24, 2.45) is 27.0 Å². The van der Waals surface area contributed by atoms with Gasteiger partial charge in [0, 0.05) is 30.3 Å². The third kappa shape index (κ3) is 3.48. The fourth-order valence-corrected chi connectivity index (χ4v) is 4.67. The third-order valence-electron chi connectivity index (χ3n) is 4.95. The predicted molar refractivity (Wildman–Crippen MR) is 116 cm³/mol. The number of hydrogen-bond acceptors (Lipinski definition) is 7. The average molecular weight is 395 g/mol.